The van der Waals surface area contributed by atoms with Crippen molar-refractivity contribution in [3.8, 4) is 5.75 Å². The fraction of sp³-hybridized carbons (Fsp3) is 0.143. The number of halogens is 4. The van der Waals surface area contributed by atoms with E-state index in [-0.39, 0.29) is 23.8 Å². The van der Waals surface area contributed by atoms with Gasteiger partial charge in [-0.15, -0.1) is 12.4 Å². The van der Waals surface area contributed by atoms with Gasteiger partial charge in [-0.05, 0) is 12.1 Å². The van der Waals surface area contributed by atoms with Crippen molar-refractivity contribution in [2.45, 2.75) is 6.61 Å². The Hall–Kier alpha value is -1.10. The van der Waals surface area contributed by atoms with E-state index in [1.54, 1.807) is 0 Å². The molecule has 2 nitrogen and oxygen atoms in total. The van der Waals surface area contributed by atoms with E-state index in [0.717, 1.165) is 18.2 Å². The average Bonchev–Trinajstić information content (AvgIpc) is 1.94. The van der Waals surface area contributed by atoms with Crippen LogP contribution in [0.25, 0.3) is 0 Å². The standard InChI is InChI=1S/C7H6F3NO.ClH/c8-4-1-2-6(5(11)3-4)12-7(9)10;/h1-3,7H,11H2;1H. The van der Waals surface area contributed by atoms with E-state index in [4.69, 9.17) is 5.73 Å². The molecule has 0 heterocycles. The summed E-state index contributed by atoms with van der Waals surface area (Å²) < 4.78 is 39.6. The number of anilines is 1. The topological polar surface area (TPSA) is 35.2 Å². The summed E-state index contributed by atoms with van der Waals surface area (Å²) in [6.45, 7) is -2.95. The molecule has 6 heteroatoms. The van der Waals surface area contributed by atoms with Gasteiger partial charge in [-0.25, -0.2) is 4.39 Å². The molecular formula is C7H7ClF3NO. The summed E-state index contributed by atoms with van der Waals surface area (Å²) in [5.74, 6) is -0.805. The largest absolute Gasteiger partial charge is 0.433 e. The Morgan fingerprint density at radius 3 is 2.38 bits per heavy atom. The van der Waals surface area contributed by atoms with Gasteiger partial charge in [-0.2, -0.15) is 8.78 Å². The second kappa shape index (κ2) is 4.81. The molecule has 1 rings (SSSR count). The van der Waals surface area contributed by atoms with E-state index in [1.165, 1.54) is 0 Å². The zero-order chi connectivity index (χ0) is 9.14. The van der Waals surface area contributed by atoms with Crippen LogP contribution in [0.5, 0.6) is 5.75 Å². The minimum atomic E-state index is -2.95. The first-order chi connectivity index (χ1) is 5.59. The van der Waals surface area contributed by atoms with Crippen LogP contribution in [0.2, 0.25) is 0 Å². The highest BCUT2D eigenvalue weighted by molar-refractivity contribution is 5.85. The van der Waals surface area contributed by atoms with Crippen LogP contribution in [0, 0.1) is 5.82 Å². The minimum absolute atomic E-state index is 0. The van der Waals surface area contributed by atoms with Gasteiger partial charge in [0.2, 0.25) is 0 Å². The zero-order valence-electron chi connectivity index (χ0n) is 6.34. The van der Waals surface area contributed by atoms with E-state index in [1.807, 2.05) is 0 Å². The maximum Gasteiger partial charge on any atom is 0.387 e. The second-order valence-corrected chi connectivity index (χ2v) is 2.06. The first-order valence-electron chi connectivity index (χ1n) is 3.09. The number of rotatable bonds is 2. The molecule has 0 aromatic heterocycles. The van der Waals surface area contributed by atoms with Crippen molar-refractivity contribution in [1.29, 1.82) is 0 Å². The molecule has 0 bridgehead atoms. The minimum Gasteiger partial charge on any atom is -0.433 e. The van der Waals surface area contributed by atoms with Gasteiger partial charge >= 0.3 is 6.61 Å². The predicted molar refractivity (Wildman–Crippen MR) is 44.7 cm³/mol. The molecule has 0 radical (unpaired) electrons. The van der Waals surface area contributed by atoms with Crippen LogP contribution in [0.15, 0.2) is 18.2 Å². The third-order valence-electron chi connectivity index (χ3n) is 1.19. The molecule has 0 aliphatic rings. The highest BCUT2D eigenvalue weighted by Crippen LogP contribution is 2.23. The molecule has 0 spiro atoms. The van der Waals surface area contributed by atoms with E-state index < -0.39 is 12.4 Å². The van der Waals surface area contributed by atoms with Crippen molar-refractivity contribution in [3.05, 3.63) is 24.0 Å². The van der Waals surface area contributed by atoms with Crippen LogP contribution in [0.4, 0.5) is 18.9 Å². The smallest absolute Gasteiger partial charge is 0.387 e. The summed E-state index contributed by atoms with van der Waals surface area (Å²) in [4.78, 5) is 0. The number of alkyl halides is 2. The number of nitrogens with two attached hydrogens (primary N) is 1. The van der Waals surface area contributed by atoms with Gasteiger partial charge in [0.1, 0.15) is 11.6 Å². The first kappa shape index (κ1) is 11.9. The van der Waals surface area contributed by atoms with Crippen LogP contribution in [-0.2, 0) is 0 Å². The number of hydrogen-bond donors (Lipinski definition) is 1. The summed E-state index contributed by atoms with van der Waals surface area (Å²) in [7, 11) is 0. The normalized spacial score (nSPS) is 9.54. The monoisotopic (exact) mass is 213 g/mol. The molecule has 1 aromatic carbocycles. The SMILES string of the molecule is Cl.Nc1cc(F)ccc1OC(F)F. The highest BCUT2D eigenvalue weighted by atomic mass is 35.5. The van der Waals surface area contributed by atoms with Gasteiger partial charge in [0.25, 0.3) is 0 Å². The number of benzene rings is 1. The molecule has 1 aromatic rings. The lowest BCUT2D eigenvalue weighted by Gasteiger charge is -2.06. The summed E-state index contributed by atoms with van der Waals surface area (Å²) in [6, 6.07) is 2.96. The fourth-order valence-corrected chi connectivity index (χ4v) is 0.723. The lowest BCUT2D eigenvalue weighted by Crippen LogP contribution is -2.04. The van der Waals surface area contributed by atoms with E-state index >= 15 is 0 Å². The lowest BCUT2D eigenvalue weighted by atomic mass is 10.3. The van der Waals surface area contributed by atoms with Crippen LogP contribution >= 0.6 is 12.4 Å². The van der Waals surface area contributed by atoms with Crippen molar-refractivity contribution >= 4 is 18.1 Å². The Labute approximate surface area is 78.9 Å². The van der Waals surface area contributed by atoms with Crippen molar-refractivity contribution in [1.82, 2.24) is 0 Å². The summed E-state index contributed by atoms with van der Waals surface area (Å²) in [6.07, 6.45) is 0. The maximum absolute atomic E-state index is 12.4. The Morgan fingerprint density at radius 1 is 1.31 bits per heavy atom. The molecule has 0 unspecified atom stereocenters. The van der Waals surface area contributed by atoms with Gasteiger partial charge in [-0.3, -0.25) is 0 Å². The molecule has 0 aliphatic carbocycles. The predicted octanol–water partition coefficient (Wildman–Crippen LogP) is 2.43. The molecule has 13 heavy (non-hydrogen) atoms. The highest BCUT2D eigenvalue weighted by Gasteiger charge is 2.07. The molecule has 0 amide bonds. The number of nitrogen functional groups attached to an aromatic ring is 1. The van der Waals surface area contributed by atoms with Crippen molar-refractivity contribution < 1.29 is 17.9 Å². The lowest BCUT2D eigenvalue weighted by molar-refractivity contribution is -0.0493. The Balaban J connectivity index is 0.00000144. The van der Waals surface area contributed by atoms with Gasteiger partial charge in [0, 0.05) is 6.07 Å². The Bertz CT molecular complexity index is 282. The van der Waals surface area contributed by atoms with Gasteiger partial charge < -0.3 is 10.5 Å². The van der Waals surface area contributed by atoms with Crippen molar-refractivity contribution in [2.24, 2.45) is 0 Å². The average molecular weight is 214 g/mol. The van der Waals surface area contributed by atoms with Crippen LogP contribution in [-0.4, -0.2) is 6.61 Å². The quantitative estimate of drug-likeness (QED) is 0.766. The number of ether oxygens (including phenoxy) is 1. The molecule has 0 fully saturated rings. The molecule has 74 valence electrons. The van der Waals surface area contributed by atoms with E-state index in [2.05, 4.69) is 4.74 Å². The van der Waals surface area contributed by atoms with Gasteiger partial charge in [0.15, 0.2) is 0 Å². The summed E-state index contributed by atoms with van der Waals surface area (Å²) >= 11 is 0. The van der Waals surface area contributed by atoms with Crippen molar-refractivity contribution in [3.63, 3.8) is 0 Å². The molecule has 0 saturated carbocycles. The zero-order valence-corrected chi connectivity index (χ0v) is 7.15. The molecule has 0 saturated heterocycles. The molecular weight excluding hydrogens is 207 g/mol. The van der Waals surface area contributed by atoms with Gasteiger partial charge in [-0.1, -0.05) is 0 Å². The summed E-state index contributed by atoms with van der Waals surface area (Å²) in [5.41, 5.74) is 5.03. The summed E-state index contributed by atoms with van der Waals surface area (Å²) in [5, 5.41) is 0. The second-order valence-electron chi connectivity index (χ2n) is 2.06. The van der Waals surface area contributed by atoms with E-state index in [0.29, 0.717) is 0 Å². The third kappa shape index (κ3) is 3.42. The first-order valence-corrected chi connectivity index (χ1v) is 3.09. The molecule has 2 N–H and O–H groups in total. The van der Waals surface area contributed by atoms with Crippen LogP contribution in [0.3, 0.4) is 0 Å². The van der Waals surface area contributed by atoms with Crippen LogP contribution < -0.4 is 10.5 Å². The molecule has 0 atom stereocenters. The van der Waals surface area contributed by atoms with Crippen molar-refractivity contribution in [2.75, 3.05) is 5.73 Å². The van der Waals surface area contributed by atoms with E-state index in [9.17, 15) is 13.2 Å². The number of hydrogen-bond acceptors (Lipinski definition) is 2. The van der Waals surface area contributed by atoms with Crippen LogP contribution in [0.1, 0.15) is 0 Å². The molecule has 0 aliphatic heterocycles. The van der Waals surface area contributed by atoms with Gasteiger partial charge in [0.05, 0.1) is 5.69 Å². The fourth-order valence-electron chi connectivity index (χ4n) is 0.723. The Morgan fingerprint density at radius 2 is 1.92 bits per heavy atom. The maximum atomic E-state index is 12.4. The third-order valence-corrected chi connectivity index (χ3v) is 1.19. The Kier molecular flexibility index (Phi) is 4.40.